The summed E-state index contributed by atoms with van der Waals surface area (Å²) in [5, 5.41) is 25.9. The summed E-state index contributed by atoms with van der Waals surface area (Å²) in [6, 6.07) is 24.2. The zero-order chi connectivity index (χ0) is 22.1. The minimum Gasteiger partial charge on any atom is -0.343 e. The molecule has 0 bridgehead atoms. The second-order valence-electron chi connectivity index (χ2n) is 8.24. The topological polar surface area (TPSA) is 90.1 Å². The van der Waals surface area contributed by atoms with Gasteiger partial charge in [-0.15, -0.1) is 0 Å². The van der Waals surface area contributed by atoms with Crippen LogP contribution in [0.2, 0.25) is 0 Å². The lowest BCUT2D eigenvalue weighted by molar-refractivity contribution is -0.150. The van der Waals surface area contributed by atoms with Gasteiger partial charge in [-0.3, -0.25) is 0 Å². The molecule has 0 aliphatic carbocycles. The molecule has 1 fully saturated rings. The van der Waals surface area contributed by atoms with Crippen molar-refractivity contribution in [2.45, 2.75) is 69.9 Å². The summed E-state index contributed by atoms with van der Waals surface area (Å²) in [5.74, 6) is -0.792. The fraction of sp³-hybridized carbons (Fsp3) is 0.440. The van der Waals surface area contributed by atoms with Gasteiger partial charge >= 0.3 is 0 Å². The molecule has 1 heterocycles. The van der Waals surface area contributed by atoms with Gasteiger partial charge in [0.25, 0.3) is 0 Å². The Hall–Kier alpha value is -2.74. The SMILES string of the molecule is CC1(C)O[C@@H]([C@@H](CC#N)NCc2ccccc2)[C@H]([C@@H](CC#N)NCc2ccccc2)O1. The molecule has 1 saturated heterocycles. The van der Waals surface area contributed by atoms with Crippen LogP contribution in [0, 0.1) is 22.7 Å². The summed E-state index contributed by atoms with van der Waals surface area (Å²) in [6.07, 6.45) is -0.156. The fourth-order valence-corrected chi connectivity index (χ4v) is 3.93. The van der Waals surface area contributed by atoms with E-state index >= 15 is 0 Å². The summed E-state index contributed by atoms with van der Waals surface area (Å²) in [5.41, 5.74) is 2.27. The molecule has 162 valence electrons. The molecule has 0 radical (unpaired) electrons. The molecule has 6 heteroatoms. The van der Waals surface area contributed by atoms with Crippen molar-refractivity contribution in [3.8, 4) is 12.1 Å². The van der Waals surface area contributed by atoms with Crippen LogP contribution in [0.15, 0.2) is 60.7 Å². The molecule has 3 rings (SSSR count). The number of rotatable bonds is 10. The van der Waals surface area contributed by atoms with E-state index in [2.05, 4.69) is 22.8 Å². The van der Waals surface area contributed by atoms with E-state index in [9.17, 15) is 10.5 Å². The van der Waals surface area contributed by atoms with E-state index in [1.54, 1.807) is 0 Å². The van der Waals surface area contributed by atoms with Crippen molar-refractivity contribution in [3.05, 3.63) is 71.8 Å². The van der Waals surface area contributed by atoms with E-state index in [1.807, 2.05) is 74.5 Å². The van der Waals surface area contributed by atoms with Crippen molar-refractivity contribution < 1.29 is 9.47 Å². The number of ether oxygens (including phenoxy) is 2. The predicted molar refractivity (Wildman–Crippen MR) is 118 cm³/mol. The minimum absolute atomic E-state index is 0.225. The number of hydrogen-bond acceptors (Lipinski definition) is 6. The first-order valence-electron chi connectivity index (χ1n) is 10.7. The van der Waals surface area contributed by atoms with Crippen molar-refractivity contribution in [2.75, 3.05) is 0 Å². The molecule has 6 nitrogen and oxygen atoms in total. The predicted octanol–water partition coefficient (Wildman–Crippen LogP) is 3.65. The third-order valence-electron chi connectivity index (χ3n) is 5.40. The highest BCUT2D eigenvalue weighted by Crippen LogP contribution is 2.33. The third-order valence-corrected chi connectivity index (χ3v) is 5.40. The maximum absolute atomic E-state index is 9.45. The molecule has 2 aromatic rings. The quantitative estimate of drug-likeness (QED) is 0.612. The molecule has 2 N–H and O–H groups in total. The van der Waals surface area contributed by atoms with Crippen molar-refractivity contribution in [2.24, 2.45) is 0 Å². The molecule has 1 aliphatic rings. The summed E-state index contributed by atoms with van der Waals surface area (Å²) in [6.45, 7) is 5.00. The number of nitrogens with one attached hydrogen (secondary N) is 2. The van der Waals surface area contributed by atoms with E-state index in [1.165, 1.54) is 0 Å². The summed E-state index contributed by atoms with van der Waals surface area (Å²) < 4.78 is 12.5. The summed E-state index contributed by atoms with van der Waals surface area (Å²) in [4.78, 5) is 0. The first kappa shape index (κ1) is 22.9. The van der Waals surface area contributed by atoms with Gasteiger partial charge in [0, 0.05) is 25.2 Å². The molecule has 2 aromatic carbocycles. The lowest BCUT2D eigenvalue weighted by Gasteiger charge is -2.30. The lowest BCUT2D eigenvalue weighted by atomic mass is 9.95. The smallest absolute Gasteiger partial charge is 0.163 e. The van der Waals surface area contributed by atoms with E-state index < -0.39 is 5.79 Å². The molecule has 1 aliphatic heterocycles. The van der Waals surface area contributed by atoms with Crippen LogP contribution in [0.5, 0.6) is 0 Å². The van der Waals surface area contributed by atoms with Gasteiger partial charge in [-0.05, 0) is 25.0 Å². The number of nitriles is 2. The van der Waals surface area contributed by atoms with Gasteiger partial charge in [0.2, 0.25) is 0 Å². The molecule has 0 amide bonds. The van der Waals surface area contributed by atoms with E-state index in [0.717, 1.165) is 11.1 Å². The third kappa shape index (κ3) is 6.62. The zero-order valence-electron chi connectivity index (χ0n) is 18.1. The maximum atomic E-state index is 9.45. The number of nitrogens with zero attached hydrogens (tertiary/aromatic N) is 2. The Balaban J connectivity index is 1.75. The molecule has 0 saturated carbocycles. The molecular formula is C25H30N4O2. The van der Waals surface area contributed by atoms with Gasteiger partial charge in [-0.2, -0.15) is 10.5 Å². The molecule has 0 aromatic heterocycles. The van der Waals surface area contributed by atoms with Gasteiger partial charge in [-0.1, -0.05) is 60.7 Å². The minimum atomic E-state index is -0.792. The highest BCUT2D eigenvalue weighted by molar-refractivity contribution is 5.16. The molecule has 31 heavy (non-hydrogen) atoms. The molecule has 4 atom stereocenters. The van der Waals surface area contributed by atoms with Gasteiger partial charge in [0.05, 0.1) is 25.0 Å². The molecular weight excluding hydrogens is 388 g/mol. The van der Waals surface area contributed by atoms with Crippen molar-refractivity contribution >= 4 is 0 Å². The van der Waals surface area contributed by atoms with Crippen LogP contribution in [0.3, 0.4) is 0 Å². The highest BCUT2D eigenvalue weighted by Gasteiger charge is 2.48. The number of benzene rings is 2. The average molecular weight is 419 g/mol. The van der Waals surface area contributed by atoms with Crippen LogP contribution < -0.4 is 10.6 Å². The van der Waals surface area contributed by atoms with Crippen LogP contribution in [0.4, 0.5) is 0 Å². The Morgan fingerprint density at radius 2 is 1.16 bits per heavy atom. The van der Waals surface area contributed by atoms with E-state index in [4.69, 9.17) is 9.47 Å². The monoisotopic (exact) mass is 418 g/mol. The van der Waals surface area contributed by atoms with Gasteiger partial charge in [-0.25, -0.2) is 0 Å². The van der Waals surface area contributed by atoms with Crippen LogP contribution in [0.25, 0.3) is 0 Å². The molecule has 0 spiro atoms. The largest absolute Gasteiger partial charge is 0.343 e. The van der Waals surface area contributed by atoms with Crippen LogP contribution in [-0.4, -0.2) is 30.1 Å². The zero-order valence-corrected chi connectivity index (χ0v) is 18.1. The van der Waals surface area contributed by atoms with E-state index in [0.29, 0.717) is 13.1 Å². The Labute approximate surface area is 184 Å². The Morgan fingerprint density at radius 1 is 0.774 bits per heavy atom. The highest BCUT2D eigenvalue weighted by atomic mass is 16.8. The van der Waals surface area contributed by atoms with Crippen LogP contribution in [0.1, 0.15) is 37.8 Å². The normalized spacial score (nSPS) is 21.7. The maximum Gasteiger partial charge on any atom is 0.163 e. The van der Waals surface area contributed by atoms with Crippen LogP contribution >= 0.6 is 0 Å². The average Bonchev–Trinajstić information content (AvgIpc) is 3.10. The summed E-state index contributed by atoms with van der Waals surface area (Å²) in [7, 11) is 0. The van der Waals surface area contributed by atoms with Crippen molar-refractivity contribution in [1.29, 1.82) is 10.5 Å². The fourth-order valence-electron chi connectivity index (χ4n) is 3.93. The number of hydrogen-bond donors (Lipinski definition) is 2. The van der Waals surface area contributed by atoms with Crippen LogP contribution in [-0.2, 0) is 22.6 Å². The Morgan fingerprint density at radius 3 is 1.52 bits per heavy atom. The van der Waals surface area contributed by atoms with E-state index in [-0.39, 0.29) is 37.1 Å². The standard InChI is InChI=1S/C25H30N4O2/c1-25(2)30-23(21(13-15-26)28-17-19-9-5-3-6-10-19)24(31-25)22(14-16-27)29-18-20-11-7-4-8-12-20/h3-12,21-24,28-29H,13-14,17-18H2,1-2H3/t21-,22-,23+,24+/m1/s1. The van der Waals surface area contributed by atoms with Gasteiger partial charge in [0.1, 0.15) is 12.2 Å². The van der Waals surface area contributed by atoms with Gasteiger partial charge in [0.15, 0.2) is 5.79 Å². The lowest BCUT2D eigenvalue weighted by Crippen LogP contribution is -2.52. The van der Waals surface area contributed by atoms with Crippen molar-refractivity contribution in [3.63, 3.8) is 0 Å². The first-order valence-corrected chi connectivity index (χ1v) is 10.7. The Bertz CT molecular complexity index is 816. The second-order valence-corrected chi connectivity index (χ2v) is 8.24. The summed E-state index contributed by atoms with van der Waals surface area (Å²) >= 11 is 0. The molecule has 0 unspecified atom stereocenters. The second kappa shape index (κ2) is 11.0. The first-order chi connectivity index (χ1) is 15.0. The van der Waals surface area contributed by atoms with Crippen molar-refractivity contribution in [1.82, 2.24) is 10.6 Å². The van der Waals surface area contributed by atoms with Gasteiger partial charge < -0.3 is 20.1 Å². The Kier molecular flexibility index (Phi) is 8.17.